The molecule has 106 valence electrons. The summed E-state index contributed by atoms with van der Waals surface area (Å²) in [5, 5.41) is 4.72. The van der Waals surface area contributed by atoms with Crippen molar-refractivity contribution in [2.75, 3.05) is 11.9 Å². The van der Waals surface area contributed by atoms with Gasteiger partial charge in [-0.3, -0.25) is 0 Å². The predicted octanol–water partition coefficient (Wildman–Crippen LogP) is 5.31. The number of benzene rings is 2. The Bertz CT molecular complexity index is 599. The Hall–Kier alpha value is -1.38. The number of hydrogen-bond acceptors (Lipinski definition) is 2. The van der Waals surface area contributed by atoms with Gasteiger partial charge in [-0.1, -0.05) is 35.3 Å². The first kappa shape index (κ1) is 15.0. The van der Waals surface area contributed by atoms with Crippen LogP contribution in [0.15, 0.2) is 36.4 Å². The Kier molecular flexibility index (Phi) is 5.16. The summed E-state index contributed by atoms with van der Waals surface area (Å²) < 4.78 is 5.41. The van der Waals surface area contributed by atoms with Gasteiger partial charge in [0.25, 0.3) is 0 Å². The van der Waals surface area contributed by atoms with Gasteiger partial charge in [-0.15, -0.1) is 0 Å². The molecule has 0 bridgehead atoms. The van der Waals surface area contributed by atoms with Gasteiger partial charge >= 0.3 is 0 Å². The maximum Gasteiger partial charge on any atom is 0.137 e. The molecule has 0 atom stereocenters. The molecular weight excluding hydrogens is 293 g/mol. The second-order valence-corrected chi connectivity index (χ2v) is 5.33. The summed E-state index contributed by atoms with van der Waals surface area (Å²) in [4.78, 5) is 0. The largest absolute Gasteiger partial charge is 0.492 e. The Balaban J connectivity index is 2.03. The molecule has 0 aliphatic rings. The van der Waals surface area contributed by atoms with E-state index >= 15 is 0 Å². The molecule has 2 nitrogen and oxygen atoms in total. The van der Waals surface area contributed by atoms with E-state index in [0.29, 0.717) is 18.2 Å². The molecule has 0 aliphatic heterocycles. The third kappa shape index (κ3) is 3.81. The van der Waals surface area contributed by atoms with Crippen LogP contribution in [-0.4, -0.2) is 6.61 Å². The van der Waals surface area contributed by atoms with Gasteiger partial charge in [0.15, 0.2) is 0 Å². The molecule has 4 heteroatoms. The molecule has 0 aliphatic carbocycles. The number of halogens is 2. The minimum atomic E-state index is 0.610. The molecule has 0 fully saturated rings. The second kappa shape index (κ2) is 6.87. The van der Waals surface area contributed by atoms with Crippen LogP contribution in [0.3, 0.4) is 0 Å². The van der Waals surface area contributed by atoms with Crippen LogP contribution in [0.5, 0.6) is 5.75 Å². The summed E-state index contributed by atoms with van der Waals surface area (Å²) in [5.74, 6) is 0.719. The van der Waals surface area contributed by atoms with E-state index < -0.39 is 0 Å². The van der Waals surface area contributed by atoms with Crippen molar-refractivity contribution in [3.63, 3.8) is 0 Å². The van der Waals surface area contributed by atoms with Gasteiger partial charge in [-0.05, 0) is 49.2 Å². The van der Waals surface area contributed by atoms with Gasteiger partial charge in [0.1, 0.15) is 5.75 Å². The van der Waals surface area contributed by atoms with E-state index in [9.17, 15) is 0 Å². The molecule has 0 heterocycles. The maximum atomic E-state index is 6.16. The minimum Gasteiger partial charge on any atom is -0.492 e. The van der Waals surface area contributed by atoms with E-state index in [1.54, 1.807) is 0 Å². The van der Waals surface area contributed by atoms with E-state index in [1.165, 1.54) is 0 Å². The number of anilines is 1. The number of hydrogen-bond donors (Lipinski definition) is 1. The third-order valence-corrected chi connectivity index (χ3v) is 3.67. The molecule has 0 saturated heterocycles. The molecule has 0 spiro atoms. The van der Waals surface area contributed by atoms with Crippen LogP contribution in [0.2, 0.25) is 10.0 Å². The summed E-state index contributed by atoms with van der Waals surface area (Å²) >= 11 is 12.3. The van der Waals surface area contributed by atoms with E-state index in [4.69, 9.17) is 27.9 Å². The van der Waals surface area contributed by atoms with Crippen LogP contribution in [-0.2, 0) is 6.54 Å². The van der Waals surface area contributed by atoms with Gasteiger partial charge in [0, 0.05) is 17.3 Å². The quantitative estimate of drug-likeness (QED) is 0.807. The van der Waals surface area contributed by atoms with Crippen molar-refractivity contribution in [2.24, 2.45) is 0 Å². The van der Waals surface area contributed by atoms with Crippen LogP contribution < -0.4 is 10.1 Å². The fourth-order valence-corrected chi connectivity index (χ4v) is 2.27. The van der Waals surface area contributed by atoms with Crippen LogP contribution in [0.25, 0.3) is 0 Å². The smallest absolute Gasteiger partial charge is 0.137 e. The third-order valence-electron chi connectivity index (χ3n) is 2.96. The Morgan fingerprint density at radius 2 is 1.85 bits per heavy atom. The van der Waals surface area contributed by atoms with Crippen molar-refractivity contribution in [2.45, 2.75) is 20.4 Å². The maximum absolute atomic E-state index is 6.16. The van der Waals surface area contributed by atoms with Crippen molar-refractivity contribution in [3.05, 3.63) is 57.6 Å². The van der Waals surface area contributed by atoms with Crippen LogP contribution >= 0.6 is 23.2 Å². The molecule has 20 heavy (non-hydrogen) atoms. The van der Waals surface area contributed by atoms with E-state index in [1.807, 2.05) is 50.2 Å². The highest BCUT2D eigenvalue weighted by Crippen LogP contribution is 2.26. The molecule has 0 unspecified atom stereocenters. The lowest BCUT2D eigenvalue weighted by Gasteiger charge is -2.10. The molecule has 0 aromatic heterocycles. The molecule has 0 saturated carbocycles. The second-order valence-electron chi connectivity index (χ2n) is 4.52. The Morgan fingerprint density at radius 3 is 2.50 bits per heavy atom. The predicted molar refractivity (Wildman–Crippen MR) is 86.1 cm³/mol. The van der Waals surface area contributed by atoms with Crippen LogP contribution in [0, 0.1) is 6.92 Å². The number of nitrogens with one attached hydrogen (secondary N) is 1. The molecular formula is C16H17Cl2NO. The van der Waals surface area contributed by atoms with E-state index in [0.717, 1.165) is 27.6 Å². The summed E-state index contributed by atoms with van der Waals surface area (Å²) in [6.45, 7) is 5.22. The lowest BCUT2D eigenvalue weighted by molar-refractivity contribution is 0.340. The molecule has 2 aromatic carbocycles. The Morgan fingerprint density at radius 1 is 1.05 bits per heavy atom. The summed E-state index contributed by atoms with van der Waals surface area (Å²) in [6.07, 6.45) is 0. The number of ether oxygens (including phenoxy) is 1. The van der Waals surface area contributed by atoms with Crippen molar-refractivity contribution >= 4 is 28.9 Å². The van der Waals surface area contributed by atoms with E-state index in [2.05, 4.69) is 5.32 Å². The van der Waals surface area contributed by atoms with Gasteiger partial charge in [-0.25, -0.2) is 0 Å². The lowest BCUT2D eigenvalue weighted by Crippen LogP contribution is -2.00. The number of aryl methyl sites for hydroxylation is 1. The Labute approximate surface area is 129 Å². The lowest BCUT2D eigenvalue weighted by atomic mass is 10.2. The van der Waals surface area contributed by atoms with Gasteiger partial charge in [0.2, 0.25) is 0 Å². The SMILES string of the molecule is CCOc1ccc(CNc2ccc(C)c(Cl)c2)cc1Cl. The first-order valence-corrected chi connectivity index (χ1v) is 7.27. The standard InChI is InChI=1S/C16H17Cl2NO/c1-3-20-16-7-5-12(8-15(16)18)10-19-13-6-4-11(2)14(17)9-13/h4-9,19H,3,10H2,1-2H3. The highest BCUT2D eigenvalue weighted by molar-refractivity contribution is 6.32. The molecule has 1 N–H and O–H groups in total. The van der Waals surface area contributed by atoms with Crippen LogP contribution in [0.4, 0.5) is 5.69 Å². The van der Waals surface area contributed by atoms with E-state index in [-0.39, 0.29) is 0 Å². The van der Waals surface area contributed by atoms with Crippen molar-refractivity contribution in [1.29, 1.82) is 0 Å². The molecule has 0 radical (unpaired) electrons. The fourth-order valence-electron chi connectivity index (χ4n) is 1.83. The highest BCUT2D eigenvalue weighted by Gasteiger charge is 2.03. The van der Waals surface area contributed by atoms with Crippen molar-refractivity contribution < 1.29 is 4.74 Å². The highest BCUT2D eigenvalue weighted by atomic mass is 35.5. The average Bonchev–Trinajstić information content (AvgIpc) is 2.43. The van der Waals surface area contributed by atoms with Crippen LogP contribution in [0.1, 0.15) is 18.1 Å². The minimum absolute atomic E-state index is 0.610. The zero-order valence-electron chi connectivity index (χ0n) is 11.5. The summed E-state index contributed by atoms with van der Waals surface area (Å²) in [6, 6.07) is 11.7. The summed E-state index contributed by atoms with van der Waals surface area (Å²) in [5.41, 5.74) is 3.15. The zero-order chi connectivity index (χ0) is 14.5. The topological polar surface area (TPSA) is 21.3 Å². The monoisotopic (exact) mass is 309 g/mol. The fraction of sp³-hybridized carbons (Fsp3) is 0.250. The van der Waals surface area contributed by atoms with Gasteiger partial charge in [-0.2, -0.15) is 0 Å². The molecule has 2 aromatic rings. The molecule has 0 amide bonds. The normalized spacial score (nSPS) is 10.4. The average molecular weight is 310 g/mol. The first-order valence-electron chi connectivity index (χ1n) is 6.51. The zero-order valence-corrected chi connectivity index (χ0v) is 13.1. The van der Waals surface area contributed by atoms with Crippen molar-refractivity contribution in [1.82, 2.24) is 0 Å². The van der Waals surface area contributed by atoms with Gasteiger partial charge in [0.05, 0.1) is 11.6 Å². The first-order chi connectivity index (χ1) is 9.60. The summed E-state index contributed by atoms with van der Waals surface area (Å²) in [7, 11) is 0. The van der Waals surface area contributed by atoms with Crippen molar-refractivity contribution in [3.8, 4) is 5.75 Å². The number of rotatable bonds is 5. The molecule has 2 rings (SSSR count). The van der Waals surface area contributed by atoms with Gasteiger partial charge < -0.3 is 10.1 Å².